The number of amides is 2. The van der Waals surface area contributed by atoms with E-state index in [4.69, 9.17) is 4.74 Å². The van der Waals surface area contributed by atoms with E-state index in [1.165, 1.54) is 10.0 Å². The van der Waals surface area contributed by atoms with Gasteiger partial charge in [0.25, 0.3) is 0 Å². The summed E-state index contributed by atoms with van der Waals surface area (Å²) in [5.74, 6) is 0.551. The van der Waals surface area contributed by atoms with Crippen molar-refractivity contribution in [1.29, 1.82) is 0 Å². The highest BCUT2D eigenvalue weighted by atomic mass is 127. The summed E-state index contributed by atoms with van der Waals surface area (Å²) in [6.07, 6.45) is 0.610. The van der Waals surface area contributed by atoms with E-state index in [2.05, 4.69) is 20.7 Å². The third kappa shape index (κ3) is 3.62. The Balaban J connectivity index is 1.83. The minimum absolute atomic E-state index is 0.147. The van der Waals surface area contributed by atoms with Crippen molar-refractivity contribution in [2.75, 3.05) is 12.4 Å². The standard InChI is InChI=1S/C17H16IN5O3/c1-10(11-6-4-3-5-7-11)19-17(25)21-14-8-13-15(12(9-24)20-14)16(26-2)22-23(13)18/h3-10H,1-2H3,(H2,19,20,21,25)/t10-/m1/s1. The van der Waals surface area contributed by atoms with E-state index in [-0.39, 0.29) is 17.6 Å². The number of methoxy groups -OCH3 is 1. The third-order valence-corrected chi connectivity index (χ3v) is 4.55. The molecule has 0 fully saturated rings. The number of carbonyl (C=O) groups is 2. The van der Waals surface area contributed by atoms with Crippen molar-refractivity contribution in [2.45, 2.75) is 13.0 Å². The molecule has 2 heterocycles. The highest BCUT2D eigenvalue weighted by Crippen LogP contribution is 2.30. The lowest BCUT2D eigenvalue weighted by Gasteiger charge is -2.15. The molecule has 0 aliphatic heterocycles. The second-order valence-corrected chi connectivity index (χ2v) is 6.42. The maximum atomic E-state index is 12.3. The number of halogens is 1. The summed E-state index contributed by atoms with van der Waals surface area (Å²) in [6.45, 7) is 1.88. The Morgan fingerprint density at radius 1 is 1.35 bits per heavy atom. The fraction of sp³-hybridized carbons (Fsp3) is 0.176. The normalized spacial score (nSPS) is 11.8. The molecule has 8 nitrogen and oxygen atoms in total. The zero-order valence-corrected chi connectivity index (χ0v) is 16.2. The predicted molar refractivity (Wildman–Crippen MR) is 106 cm³/mol. The maximum absolute atomic E-state index is 12.3. The number of anilines is 1. The number of nitrogens with zero attached hydrogens (tertiary/aromatic N) is 3. The number of benzene rings is 1. The van der Waals surface area contributed by atoms with E-state index in [0.29, 0.717) is 23.1 Å². The molecule has 0 saturated heterocycles. The van der Waals surface area contributed by atoms with Gasteiger partial charge in [0.05, 0.1) is 46.9 Å². The molecule has 0 unspecified atom stereocenters. The minimum Gasteiger partial charge on any atom is -0.479 e. The van der Waals surface area contributed by atoms with Gasteiger partial charge >= 0.3 is 6.03 Å². The number of nitrogens with one attached hydrogen (secondary N) is 2. The predicted octanol–water partition coefficient (Wildman–Crippen LogP) is 3.33. The first kappa shape index (κ1) is 18.1. The molecule has 1 atom stereocenters. The summed E-state index contributed by atoms with van der Waals surface area (Å²) in [5.41, 5.74) is 1.74. The van der Waals surface area contributed by atoms with Crippen molar-refractivity contribution in [1.82, 2.24) is 18.3 Å². The third-order valence-electron chi connectivity index (χ3n) is 3.81. The van der Waals surface area contributed by atoms with Gasteiger partial charge in [0.15, 0.2) is 6.29 Å². The molecule has 0 spiro atoms. The van der Waals surface area contributed by atoms with E-state index < -0.39 is 6.03 Å². The van der Waals surface area contributed by atoms with Gasteiger partial charge in [-0.05, 0) is 12.5 Å². The van der Waals surface area contributed by atoms with Gasteiger partial charge in [0, 0.05) is 6.07 Å². The summed E-state index contributed by atoms with van der Waals surface area (Å²) in [7, 11) is 1.47. The highest BCUT2D eigenvalue weighted by Gasteiger charge is 2.18. The van der Waals surface area contributed by atoms with Crippen LogP contribution in [-0.4, -0.2) is 32.4 Å². The molecule has 134 valence electrons. The number of urea groups is 1. The van der Waals surface area contributed by atoms with Crippen LogP contribution in [0, 0.1) is 0 Å². The Bertz CT molecular complexity index is 958. The Hall–Kier alpha value is -2.69. The molecular formula is C17H16IN5O3. The van der Waals surface area contributed by atoms with Crippen LogP contribution in [0.25, 0.3) is 10.9 Å². The second kappa shape index (κ2) is 7.68. The lowest BCUT2D eigenvalue weighted by atomic mass is 10.1. The summed E-state index contributed by atoms with van der Waals surface area (Å²) in [5, 5.41) is 10.2. The molecule has 0 aliphatic carbocycles. The quantitative estimate of drug-likeness (QED) is 0.445. The van der Waals surface area contributed by atoms with Crippen LogP contribution >= 0.6 is 22.9 Å². The van der Waals surface area contributed by atoms with Crippen LogP contribution in [0.5, 0.6) is 5.88 Å². The fourth-order valence-corrected chi connectivity index (χ4v) is 3.14. The van der Waals surface area contributed by atoms with Crippen LogP contribution in [0.15, 0.2) is 36.4 Å². The number of hydrogen-bond donors (Lipinski definition) is 2. The molecule has 26 heavy (non-hydrogen) atoms. The van der Waals surface area contributed by atoms with Crippen molar-refractivity contribution < 1.29 is 14.3 Å². The average Bonchev–Trinajstić information content (AvgIpc) is 2.97. The smallest absolute Gasteiger partial charge is 0.320 e. The molecule has 2 amide bonds. The number of rotatable bonds is 5. The lowest BCUT2D eigenvalue weighted by Crippen LogP contribution is -2.31. The summed E-state index contributed by atoms with van der Waals surface area (Å²) < 4.78 is 6.72. The van der Waals surface area contributed by atoms with Gasteiger partial charge in [-0.25, -0.2) is 9.78 Å². The molecule has 1 aromatic carbocycles. The summed E-state index contributed by atoms with van der Waals surface area (Å²) in [4.78, 5) is 27.9. The first-order chi connectivity index (χ1) is 12.5. The van der Waals surface area contributed by atoms with Crippen LogP contribution in [0.3, 0.4) is 0 Å². The fourth-order valence-electron chi connectivity index (χ4n) is 2.57. The zero-order valence-electron chi connectivity index (χ0n) is 14.1. The Kier molecular flexibility index (Phi) is 5.35. The highest BCUT2D eigenvalue weighted by molar-refractivity contribution is 14.1. The van der Waals surface area contributed by atoms with E-state index in [1.807, 2.05) is 60.1 Å². The Morgan fingerprint density at radius 2 is 2.08 bits per heavy atom. The van der Waals surface area contributed by atoms with Gasteiger partial charge in [-0.2, -0.15) is 2.90 Å². The molecule has 2 N–H and O–H groups in total. The first-order valence-corrected chi connectivity index (χ1v) is 8.71. The van der Waals surface area contributed by atoms with Crippen LogP contribution in [0.4, 0.5) is 10.6 Å². The van der Waals surface area contributed by atoms with Gasteiger partial charge in [0.1, 0.15) is 11.5 Å². The number of aromatic nitrogens is 3. The van der Waals surface area contributed by atoms with Crippen molar-refractivity contribution in [2.24, 2.45) is 0 Å². The van der Waals surface area contributed by atoms with Crippen molar-refractivity contribution in [3.05, 3.63) is 47.7 Å². The van der Waals surface area contributed by atoms with Crippen molar-refractivity contribution in [3.8, 4) is 5.88 Å². The molecule has 0 radical (unpaired) electrons. The first-order valence-electron chi connectivity index (χ1n) is 7.75. The Morgan fingerprint density at radius 3 is 2.73 bits per heavy atom. The number of hydrogen-bond acceptors (Lipinski definition) is 5. The largest absolute Gasteiger partial charge is 0.479 e. The summed E-state index contributed by atoms with van der Waals surface area (Å²) >= 11 is 1.97. The summed E-state index contributed by atoms with van der Waals surface area (Å²) in [6, 6.07) is 10.6. The van der Waals surface area contributed by atoms with Gasteiger partial charge < -0.3 is 10.1 Å². The number of ether oxygens (including phenoxy) is 1. The van der Waals surface area contributed by atoms with E-state index in [1.54, 1.807) is 6.07 Å². The molecule has 3 aromatic rings. The topological polar surface area (TPSA) is 98.1 Å². The van der Waals surface area contributed by atoms with Gasteiger partial charge in [-0.15, -0.1) is 5.10 Å². The maximum Gasteiger partial charge on any atom is 0.320 e. The van der Waals surface area contributed by atoms with Gasteiger partial charge in [-0.3, -0.25) is 10.1 Å². The van der Waals surface area contributed by atoms with Crippen molar-refractivity contribution >= 4 is 51.9 Å². The number of fused-ring (bicyclic) bond motifs is 1. The molecule has 9 heteroatoms. The number of carbonyl (C=O) groups excluding carboxylic acids is 2. The van der Waals surface area contributed by atoms with Crippen LogP contribution in [-0.2, 0) is 0 Å². The second-order valence-electron chi connectivity index (χ2n) is 5.50. The van der Waals surface area contributed by atoms with Crippen molar-refractivity contribution in [3.63, 3.8) is 0 Å². The Labute approximate surface area is 163 Å². The average molecular weight is 465 g/mol. The van der Waals surface area contributed by atoms with Crippen LogP contribution in [0.1, 0.15) is 29.0 Å². The van der Waals surface area contributed by atoms with E-state index in [0.717, 1.165) is 5.56 Å². The molecule has 0 saturated carbocycles. The van der Waals surface area contributed by atoms with E-state index in [9.17, 15) is 9.59 Å². The number of aldehydes is 1. The molecular weight excluding hydrogens is 449 g/mol. The minimum atomic E-state index is -0.420. The molecule has 0 aliphatic rings. The van der Waals surface area contributed by atoms with Crippen LogP contribution in [0.2, 0.25) is 0 Å². The molecule has 3 rings (SSSR count). The van der Waals surface area contributed by atoms with E-state index >= 15 is 0 Å². The van der Waals surface area contributed by atoms with Crippen LogP contribution < -0.4 is 15.4 Å². The van der Waals surface area contributed by atoms with Gasteiger partial charge in [-0.1, -0.05) is 30.3 Å². The zero-order chi connectivity index (χ0) is 18.7. The monoisotopic (exact) mass is 465 g/mol. The SMILES string of the molecule is COc1nn(I)c2cc(NC(=O)N[C@H](C)c3ccccc3)nc(C=O)c12. The molecule has 2 aromatic heterocycles. The van der Waals surface area contributed by atoms with Gasteiger partial charge in [0.2, 0.25) is 5.88 Å². The lowest BCUT2D eigenvalue weighted by molar-refractivity contribution is 0.112. The molecule has 0 bridgehead atoms. The number of pyridine rings is 1.